The van der Waals surface area contributed by atoms with E-state index in [9.17, 15) is 0 Å². The molecule has 146 valence electrons. The van der Waals surface area contributed by atoms with Crippen LogP contribution in [0.5, 0.6) is 0 Å². The van der Waals surface area contributed by atoms with E-state index < -0.39 is 7.42 Å². The van der Waals surface area contributed by atoms with E-state index in [2.05, 4.69) is 0 Å². The molecular weight excluding hydrogens is 375 g/mol. The van der Waals surface area contributed by atoms with Gasteiger partial charge in [0.25, 0.3) is 0 Å². The molecule has 0 aromatic rings. The van der Waals surface area contributed by atoms with Gasteiger partial charge in [0.15, 0.2) is 0 Å². The molecule has 0 nitrogen and oxygen atoms in total. The monoisotopic (exact) mass is 414 g/mol. The molecule has 0 N–H and O–H groups in total. The van der Waals surface area contributed by atoms with Gasteiger partial charge in [0.05, 0.1) is 0 Å². The summed E-state index contributed by atoms with van der Waals surface area (Å²) >= 11 is 17.4. The van der Waals surface area contributed by atoms with Crippen molar-refractivity contribution in [3.63, 3.8) is 0 Å². The quantitative estimate of drug-likeness (QED) is 0.0805. The zero-order valence-corrected chi connectivity index (χ0v) is 19.3. The number of unbranched alkanes of at least 4 members (excludes halogenated alkanes) is 17. The van der Waals surface area contributed by atoms with Crippen LogP contribution in [0.2, 0.25) is 6.04 Å². The maximum Gasteiger partial charge on any atom is 0.237 e. The Morgan fingerprint density at radius 2 is 0.625 bits per heavy atom. The summed E-state index contributed by atoms with van der Waals surface area (Å²) in [6.07, 6.45) is 25.1. The van der Waals surface area contributed by atoms with Gasteiger partial charge in [-0.25, -0.2) is 0 Å². The number of hydrogen-bond acceptors (Lipinski definition) is 0. The van der Waals surface area contributed by atoms with Gasteiger partial charge in [-0.05, 0) is 12.5 Å². The van der Waals surface area contributed by atoms with Crippen LogP contribution in [0.25, 0.3) is 0 Å². The largest absolute Gasteiger partial charge is 0.237 e. The Bertz CT molecular complexity index is 225. The van der Waals surface area contributed by atoms with Gasteiger partial charge in [-0.15, -0.1) is 11.6 Å². The molecule has 0 aliphatic heterocycles. The molecule has 0 aromatic heterocycles. The third kappa shape index (κ3) is 23.1. The van der Waals surface area contributed by atoms with Gasteiger partial charge in [0, 0.05) is 5.88 Å². The first-order chi connectivity index (χ1) is 11.8. The summed E-state index contributed by atoms with van der Waals surface area (Å²) < 4.78 is 0. The predicted octanol–water partition coefficient (Wildman–Crippen LogP) is 8.95. The molecule has 0 fully saturated rings. The standard InChI is InChI=1S/C20H41Cl3Si/c21-19-17-15-13-11-9-7-5-3-1-2-4-6-8-10-12-14-16-18-20-24(22)23/h24H,1-20H2. The van der Waals surface area contributed by atoms with E-state index in [1.54, 1.807) is 0 Å². The van der Waals surface area contributed by atoms with Gasteiger partial charge in [-0.3, -0.25) is 0 Å². The molecule has 0 aliphatic rings. The van der Waals surface area contributed by atoms with Crippen LogP contribution in [0, 0.1) is 0 Å². The summed E-state index contributed by atoms with van der Waals surface area (Å²) in [5.74, 6) is 0.838. The molecule has 0 aromatic carbocycles. The van der Waals surface area contributed by atoms with Gasteiger partial charge in [0.1, 0.15) is 0 Å². The fourth-order valence-corrected chi connectivity index (χ4v) is 4.93. The molecule has 0 radical (unpaired) electrons. The van der Waals surface area contributed by atoms with Gasteiger partial charge >= 0.3 is 0 Å². The van der Waals surface area contributed by atoms with Crippen LogP contribution in [0.15, 0.2) is 0 Å². The van der Waals surface area contributed by atoms with Crippen molar-refractivity contribution in [1.29, 1.82) is 0 Å². The average molecular weight is 416 g/mol. The molecule has 0 aliphatic carbocycles. The Labute approximate surface area is 168 Å². The molecule has 0 spiro atoms. The lowest BCUT2D eigenvalue weighted by Gasteiger charge is -2.04. The Morgan fingerprint density at radius 1 is 0.375 bits per heavy atom. The van der Waals surface area contributed by atoms with Crippen molar-refractivity contribution in [3.8, 4) is 0 Å². The second kappa shape index (κ2) is 22.1. The minimum absolute atomic E-state index is 0.838. The lowest BCUT2D eigenvalue weighted by atomic mass is 10.0. The highest BCUT2D eigenvalue weighted by molar-refractivity contribution is 7.33. The van der Waals surface area contributed by atoms with Gasteiger partial charge in [-0.2, -0.15) is 22.2 Å². The average Bonchev–Trinajstić information content (AvgIpc) is 2.56. The van der Waals surface area contributed by atoms with Crippen molar-refractivity contribution in [1.82, 2.24) is 0 Å². The second-order valence-electron chi connectivity index (χ2n) is 7.23. The molecule has 0 heterocycles. The minimum atomic E-state index is -1.33. The van der Waals surface area contributed by atoms with Crippen molar-refractivity contribution in [2.24, 2.45) is 0 Å². The molecule has 0 saturated heterocycles. The van der Waals surface area contributed by atoms with Crippen LogP contribution < -0.4 is 0 Å². The SMILES string of the molecule is ClCCCCCCCCCCCCCCCCCCCC[SiH](Cl)Cl. The smallest absolute Gasteiger partial charge is 0.150 e. The second-order valence-corrected chi connectivity index (χ2v) is 12.8. The van der Waals surface area contributed by atoms with Crippen LogP contribution in [0.1, 0.15) is 116 Å². The van der Waals surface area contributed by atoms with Crippen molar-refractivity contribution >= 4 is 41.2 Å². The summed E-state index contributed by atoms with van der Waals surface area (Å²) in [5, 5.41) is 0. The van der Waals surface area contributed by atoms with E-state index in [-0.39, 0.29) is 0 Å². The molecule has 0 amide bonds. The maximum atomic E-state index is 5.86. The van der Waals surface area contributed by atoms with E-state index in [0.717, 1.165) is 11.9 Å². The van der Waals surface area contributed by atoms with E-state index in [1.165, 1.54) is 116 Å². The minimum Gasteiger partial charge on any atom is -0.150 e. The zero-order valence-electron chi connectivity index (χ0n) is 15.9. The van der Waals surface area contributed by atoms with Crippen LogP contribution >= 0.6 is 33.8 Å². The first kappa shape index (κ1) is 25.1. The Hall–Kier alpha value is 1.09. The Balaban J connectivity index is 2.95. The fourth-order valence-electron chi connectivity index (χ4n) is 3.22. The lowest BCUT2D eigenvalue weighted by Crippen LogP contribution is -1.91. The zero-order chi connectivity index (χ0) is 17.7. The number of rotatable bonds is 20. The molecule has 4 heteroatoms. The normalized spacial score (nSPS) is 11.5. The molecular formula is C20H41Cl3Si. The highest BCUT2D eigenvalue weighted by Gasteiger charge is 2.00. The highest BCUT2D eigenvalue weighted by atomic mass is 35.7. The molecule has 0 unspecified atom stereocenters. The van der Waals surface area contributed by atoms with Crippen molar-refractivity contribution < 1.29 is 0 Å². The third-order valence-corrected chi connectivity index (χ3v) is 7.23. The maximum absolute atomic E-state index is 5.86. The van der Waals surface area contributed by atoms with Crippen molar-refractivity contribution in [2.75, 3.05) is 5.88 Å². The predicted molar refractivity (Wildman–Crippen MR) is 117 cm³/mol. The third-order valence-electron chi connectivity index (χ3n) is 4.81. The lowest BCUT2D eigenvalue weighted by molar-refractivity contribution is 0.526. The summed E-state index contributed by atoms with van der Waals surface area (Å²) in [4.78, 5) is 0. The van der Waals surface area contributed by atoms with E-state index >= 15 is 0 Å². The van der Waals surface area contributed by atoms with Crippen LogP contribution in [0.4, 0.5) is 0 Å². The summed E-state index contributed by atoms with van der Waals surface area (Å²) in [6, 6.07) is 1.09. The van der Waals surface area contributed by atoms with E-state index in [1.807, 2.05) is 0 Å². The Morgan fingerprint density at radius 3 is 0.875 bits per heavy atom. The summed E-state index contributed by atoms with van der Waals surface area (Å²) in [6.45, 7) is 0. The fraction of sp³-hybridized carbons (Fsp3) is 1.00. The number of alkyl halides is 1. The van der Waals surface area contributed by atoms with Crippen LogP contribution in [-0.4, -0.2) is 13.3 Å². The van der Waals surface area contributed by atoms with Gasteiger partial charge in [0.2, 0.25) is 7.42 Å². The van der Waals surface area contributed by atoms with Crippen molar-refractivity contribution in [3.05, 3.63) is 0 Å². The topological polar surface area (TPSA) is 0 Å². The first-order valence-electron chi connectivity index (χ1n) is 10.6. The summed E-state index contributed by atoms with van der Waals surface area (Å²) in [5.41, 5.74) is 0. The number of hydrogen-bond donors (Lipinski definition) is 0. The van der Waals surface area contributed by atoms with E-state index in [0.29, 0.717) is 0 Å². The van der Waals surface area contributed by atoms with Crippen molar-refractivity contribution in [2.45, 2.75) is 122 Å². The molecule has 24 heavy (non-hydrogen) atoms. The summed E-state index contributed by atoms with van der Waals surface area (Å²) in [7, 11) is -1.33. The molecule has 0 atom stereocenters. The van der Waals surface area contributed by atoms with E-state index in [4.69, 9.17) is 33.8 Å². The number of halogens is 3. The molecule has 0 bridgehead atoms. The molecule has 0 saturated carbocycles. The highest BCUT2D eigenvalue weighted by Crippen LogP contribution is 2.15. The van der Waals surface area contributed by atoms with Gasteiger partial charge in [-0.1, -0.05) is 109 Å². The first-order valence-corrected chi connectivity index (χ1v) is 15.5. The van der Waals surface area contributed by atoms with Crippen LogP contribution in [0.3, 0.4) is 0 Å². The Kier molecular flexibility index (Phi) is 23.1. The van der Waals surface area contributed by atoms with Crippen LogP contribution in [-0.2, 0) is 0 Å². The molecule has 0 rings (SSSR count). The van der Waals surface area contributed by atoms with Gasteiger partial charge < -0.3 is 0 Å².